The van der Waals surface area contributed by atoms with Crippen LogP contribution in [0, 0.1) is 0 Å². The van der Waals surface area contributed by atoms with Gasteiger partial charge in [-0.15, -0.1) is 0 Å². The molecule has 4 nitrogen and oxygen atoms in total. The number of carbonyl (C=O) groups is 1. The molecule has 4 heteroatoms. The van der Waals surface area contributed by atoms with Crippen LogP contribution in [0.4, 0.5) is 0 Å². The molecule has 0 spiro atoms. The minimum atomic E-state index is -0.0166. The molecule has 0 aliphatic carbocycles. The molecule has 0 bridgehead atoms. The first-order valence-corrected chi connectivity index (χ1v) is 5.93. The molecule has 0 unspecified atom stereocenters. The summed E-state index contributed by atoms with van der Waals surface area (Å²) < 4.78 is 0. The third-order valence-corrected chi connectivity index (χ3v) is 3.09. The van der Waals surface area contributed by atoms with Gasteiger partial charge >= 0.3 is 0 Å². The summed E-state index contributed by atoms with van der Waals surface area (Å²) in [5.74, 6) is 0.399. The molecule has 1 amide bonds. The molecule has 1 aliphatic heterocycles. The molecule has 2 rings (SSSR count). The van der Waals surface area contributed by atoms with Crippen molar-refractivity contribution in [3.05, 3.63) is 29.8 Å². The van der Waals surface area contributed by atoms with E-state index in [1.165, 1.54) is 0 Å². The summed E-state index contributed by atoms with van der Waals surface area (Å²) in [6, 6.07) is 6.93. The van der Waals surface area contributed by atoms with E-state index in [-0.39, 0.29) is 17.7 Å². The first-order chi connectivity index (χ1) is 8.16. The summed E-state index contributed by atoms with van der Waals surface area (Å²) in [6.07, 6.45) is 2.00. The second-order valence-corrected chi connectivity index (χ2v) is 4.51. The number of likely N-dealkylation sites (N-methyl/N-ethyl adjacent to an activating group) is 1. The molecule has 0 aromatic heterocycles. The van der Waals surface area contributed by atoms with Crippen LogP contribution in [-0.4, -0.2) is 35.5 Å². The Kier molecular flexibility index (Phi) is 3.64. The van der Waals surface area contributed by atoms with Gasteiger partial charge < -0.3 is 15.3 Å². The minimum Gasteiger partial charge on any atom is -0.508 e. The van der Waals surface area contributed by atoms with E-state index < -0.39 is 0 Å². The quantitative estimate of drug-likeness (QED) is 0.823. The van der Waals surface area contributed by atoms with Crippen molar-refractivity contribution in [2.24, 2.45) is 0 Å². The fourth-order valence-electron chi connectivity index (χ4n) is 2.11. The molecule has 0 saturated carbocycles. The topological polar surface area (TPSA) is 52.6 Å². The first-order valence-electron chi connectivity index (χ1n) is 5.93. The summed E-state index contributed by atoms with van der Waals surface area (Å²) in [5, 5.41) is 12.4. The highest BCUT2D eigenvalue weighted by Gasteiger charge is 2.24. The number of phenols is 1. The van der Waals surface area contributed by atoms with Crippen LogP contribution in [0.25, 0.3) is 0 Å². The van der Waals surface area contributed by atoms with Gasteiger partial charge in [-0.3, -0.25) is 4.79 Å². The van der Waals surface area contributed by atoms with E-state index in [1.54, 1.807) is 17.0 Å². The Morgan fingerprint density at radius 2 is 2.18 bits per heavy atom. The van der Waals surface area contributed by atoms with Crippen molar-refractivity contribution in [2.75, 3.05) is 13.6 Å². The Hall–Kier alpha value is -1.55. The normalized spacial score (nSPS) is 19.2. The number of nitrogens with one attached hydrogen (secondary N) is 1. The molecule has 1 saturated heterocycles. The molecule has 1 heterocycles. The van der Waals surface area contributed by atoms with Crippen LogP contribution in [0.5, 0.6) is 5.75 Å². The van der Waals surface area contributed by atoms with Gasteiger partial charge in [-0.05, 0) is 37.1 Å². The van der Waals surface area contributed by atoms with Crippen LogP contribution in [0.15, 0.2) is 24.3 Å². The van der Waals surface area contributed by atoms with Crippen LogP contribution in [-0.2, 0) is 11.3 Å². The van der Waals surface area contributed by atoms with Crippen molar-refractivity contribution in [3.8, 4) is 5.75 Å². The monoisotopic (exact) mass is 234 g/mol. The Bertz CT molecular complexity index is 383. The van der Waals surface area contributed by atoms with Crippen molar-refractivity contribution in [1.82, 2.24) is 10.2 Å². The Balaban J connectivity index is 1.93. The first kappa shape index (κ1) is 11.9. The van der Waals surface area contributed by atoms with Crippen LogP contribution in [0.1, 0.15) is 18.4 Å². The van der Waals surface area contributed by atoms with Gasteiger partial charge in [-0.25, -0.2) is 0 Å². The Morgan fingerprint density at radius 3 is 2.76 bits per heavy atom. The second-order valence-electron chi connectivity index (χ2n) is 4.51. The highest BCUT2D eigenvalue weighted by atomic mass is 16.3. The van der Waals surface area contributed by atoms with Crippen LogP contribution < -0.4 is 5.32 Å². The standard InChI is InChI=1S/C13H18N2O2/c1-15(13(17)12-3-2-8-14-12)9-10-4-6-11(16)7-5-10/h4-7,12,14,16H,2-3,8-9H2,1H3/t12-/m0/s1. The fourth-order valence-corrected chi connectivity index (χ4v) is 2.11. The summed E-state index contributed by atoms with van der Waals surface area (Å²) in [4.78, 5) is 13.8. The molecule has 0 radical (unpaired) electrons. The number of aromatic hydroxyl groups is 1. The number of nitrogens with zero attached hydrogens (tertiary/aromatic N) is 1. The minimum absolute atomic E-state index is 0.0166. The van der Waals surface area contributed by atoms with E-state index in [9.17, 15) is 9.90 Å². The van der Waals surface area contributed by atoms with Gasteiger partial charge in [0.1, 0.15) is 5.75 Å². The van der Waals surface area contributed by atoms with E-state index in [0.717, 1.165) is 24.9 Å². The van der Waals surface area contributed by atoms with Crippen molar-refractivity contribution >= 4 is 5.91 Å². The van der Waals surface area contributed by atoms with Crippen molar-refractivity contribution in [2.45, 2.75) is 25.4 Å². The maximum Gasteiger partial charge on any atom is 0.239 e. The van der Waals surface area contributed by atoms with Gasteiger partial charge in [-0.2, -0.15) is 0 Å². The zero-order valence-corrected chi connectivity index (χ0v) is 10.0. The average Bonchev–Trinajstić information content (AvgIpc) is 2.84. The number of benzene rings is 1. The lowest BCUT2D eigenvalue weighted by atomic mass is 10.1. The lowest BCUT2D eigenvalue weighted by Gasteiger charge is -2.21. The molecule has 1 fully saturated rings. The number of carbonyl (C=O) groups excluding carboxylic acids is 1. The predicted octanol–water partition coefficient (Wildman–Crippen LogP) is 1.10. The molecule has 2 N–H and O–H groups in total. The number of phenolic OH excluding ortho intramolecular Hbond substituents is 1. The fraction of sp³-hybridized carbons (Fsp3) is 0.462. The number of hydrogen-bond acceptors (Lipinski definition) is 3. The highest BCUT2D eigenvalue weighted by molar-refractivity contribution is 5.81. The number of hydrogen-bond donors (Lipinski definition) is 2. The van der Waals surface area contributed by atoms with Crippen LogP contribution in [0.2, 0.25) is 0 Å². The van der Waals surface area contributed by atoms with E-state index >= 15 is 0 Å². The van der Waals surface area contributed by atoms with Gasteiger partial charge in [-0.1, -0.05) is 12.1 Å². The molecule has 17 heavy (non-hydrogen) atoms. The summed E-state index contributed by atoms with van der Waals surface area (Å²) in [7, 11) is 1.81. The highest BCUT2D eigenvalue weighted by Crippen LogP contribution is 2.13. The third kappa shape index (κ3) is 2.97. The Labute approximate surface area is 101 Å². The largest absolute Gasteiger partial charge is 0.508 e. The summed E-state index contributed by atoms with van der Waals surface area (Å²) >= 11 is 0. The van der Waals surface area contributed by atoms with E-state index in [4.69, 9.17) is 0 Å². The van der Waals surface area contributed by atoms with Crippen molar-refractivity contribution in [3.63, 3.8) is 0 Å². The SMILES string of the molecule is CN(Cc1ccc(O)cc1)C(=O)[C@@H]1CCCN1. The van der Waals surface area contributed by atoms with E-state index in [2.05, 4.69) is 5.32 Å². The van der Waals surface area contributed by atoms with E-state index in [1.807, 2.05) is 19.2 Å². The zero-order valence-electron chi connectivity index (χ0n) is 10.0. The third-order valence-electron chi connectivity index (χ3n) is 3.09. The molecular weight excluding hydrogens is 216 g/mol. The van der Waals surface area contributed by atoms with Crippen molar-refractivity contribution < 1.29 is 9.90 Å². The van der Waals surface area contributed by atoms with Gasteiger partial charge in [0.05, 0.1) is 6.04 Å². The Morgan fingerprint density at radius 1 is 1.47 bits per heavy atom. The number of rotatable bonds is 3. The van der Waals surface area contributed by atoms with Crippen molar-refractivity contribution in [1.29, 1.82) is 0 Å². The van der Waals surface area contributed by atoms with Gasteiger partial charge in [0.2, 0.25) is 5.91 Å². The lowest BCUT2D eigenvalue weighted by molar-refractivity contribution is -0.132. The van der Waals surface area contributed by atoms with Crippen LogP contribution >= 0.6 is 0 Å². The molecule has 1 atom stereocenters. The van der Waals surface area contributed by atoms with E-state index in [0.29, 0.717) is 6.54 Å². The molecular formula is C13H18N2O2. The van der Waals surface area contributed by atoms with Gasteiger partial charge in [0.15, 0.2) is 0 Å². The molecule has 92 valence electrons. The second kappa shape index (κ2) is 5.19. The lowest BCUT2D eigenvalue weighted by Crippen LogP contribution is -2.41. The average molecular weight is 234 g/mol. The van der Waals surface area contributed by atoms with Gasteiger partial charge in [0, 0.05) is 13.6 Å². The maximum absolute atomic E-state index is 12.0. The molecule has 1 aliphatic rings. The van der Waals surface area contributed by atoms with Gasteiger partial charge in [0.25, 0.3) is 0 Å². The number of amides is 1. The maximum atomic E-state index is 12.0. The smallest absolute Gasteiger partial charge is 0.239 e. The van der Waals surface area contributed by atoms with Crippen LogP contribution in [0.3, 0.4) is 0 Å². The predicted molar refractivity (Wildman–Crippen MR) is 65.6 cm³/mol. The zero-order chi connectivity index (χ0) is 12.3. The molecule has 1 aromatic carbocycles. The summed E-state index contributed by atoms with van der Waals surface area (Å²) in [6.45, 7) is 1.51. The molecule has 1 aromatic rings. The summed E-state index contributed by atoms with van der Waals surface area (Å²) in [5.41, 5.74) is 1.02.